The molecule has 3 N–H and O–H groups in total. The molecule has 0 saturated carbocycles. The summed E-state index contributed by atoms with van der Waals surface area (Å²) < 4.78 is 37.0. The molecule has 1 atom stereocenters. The summed E-state index contributed by atoms with van der Waals surface area (Å²) in [7, 11) is 2.76. The summed E-state index contributed by atoms with van der Waals surface area (Å²) >= 11 is 0. The van der Waals surface area contributed by atoms with Crippen molar-refractivity contribution >= 4 is 29.4 Å². The van der Waals surface area contributed by atoms with Crippen molar-refractivity contribution in [2.45, 2.75) is 39.4 Å². The number of ketones is 1. The van der Waals surface area contributed by atoms with Crippen molar-refractivity contribution in [2.75, 3.05) is 14.2 Å². The third-order valence-corrected chi connectivity index (χ3v) is 8.98. The molecule has 0 bridgehead atoms. The number of amides is 2. The normalized spacial score (nSPS) is 13.0. The van der Waals surface area contributed by atoms with Crippen LogP contribution in [0.25, 0.3) is 6.08 Å². The van der Waals surface area contributed by atoms with E-state index in [9.17, 15) is 23.2 Å². The minimum atomic E-state index is -0.485. The second-order valence-electron chi connectivity index (χ2n) is 13.4. The smallest absolute Gasteiger partial charge is 0.270 e. The first-order chi connectivity index (χ1) is 29.5. The summed E-state index contributed by atoms with van der Waals surface area (Å²) in [4.78, 5) is 62.6. The van der Waals surface area contributed by atoms with Gasteiger partial charge < -0.3 is 25.5 Å². The molecule has 17 heteroatoms. The van der Waals surface area contributed by atoms with Gasteiger partial charge in [0, 0.05) is 44.3 Å². The molecule has 0 aliphatic carbocycles. The lowest BCUT2D eigenvalue weighted by Crippen LogP contribution is -2.25. The van der Waals surface area contributed by atoms with Crippen LogP contribution in [0.1, 0.15) is 83.5 Å². The van der Waals surface area contributed by atoms with Crippen molar-refractivity contribution in [1.29, 1.82) is 0 Å². The Morgan fingerprint density at radius 3 is 1.89 bits per heavy atom. The molecule has 310 valence electrons. The van der Waals surface area contributed by atoms with Gasteiger partial charge in [-0.2, -0.15) is 5.10 Å². The number of methoxy groups -OCH3 is 2. The number of aryl methyl sites for hydroxylation is 2. The summed E-state index contributed by atoms with van der Waals surface area (Å²) in [6.45, 7) is 3.68. The van der Waals surface area contributed by atoms with Gasteiger partial charge in [-0.05, 0) is 96.8 Å². The molecular weight excluding hydrogens is 787 g/mol. The zero-order valence-corrected chi connectivity index (χ0v) is 33.5. The van der Waals surface area contributed by atoms with Crippen molar-refractivity contribution in [2.24, 2.45) is 5.10 Å². The minimum Gasteiger partial charge on any atom is -0.494 e. The van der Waals surface area contributed by atoms with Crippen LogP contribution in [0.2, 0.25) is 0 Å². The van der Waals surface area contributed by atoms with Crippen molar-refractivity contribution in [3.05, 3.63) is 172 Å². The Balaban J connectivity index is 0.000000204. The number of hydrogen-bond acceptors (Lipinski definition) is 13. The maximum absolute atomic E-state index is 13.6. The van der Waals surface area contributed by atoms with Crippen molar-refractivity contribution in [1.82, 2.24) is 46.0 Å². The molecule has 0 spiro atoms. The molecule has 7 rings (SSSR count). The molecule has 1 aliphatic rings. The minimum absolute atomic E-state index is 0.00436. The number of hydrogen-bond donors (Lipinski definition) is 3. The van der Waals surface area contributed by atoms with Crippen LogP contribution in [0, 0.1) is 25.5 Å². The maximum atomic E-state index is 13.6. The molecule has 2 amide bonds. The summed E-state index contributed by atoms with van der Waals surface area (Å²) in [5.41, 5.74) is 8.01. The van der Waals surface area contributed by atoms with E-state index >= 15 is 0 Å². The van der Waals surface area contributed by atoms with Gasteiger partial charge in [-0.15, -0.1) is 0 Å². The van der Waals surface area contributed by atoms with Crippen molar-refractivity contribution in [3.63, 3.8) is 0 Å². The Morgan fingerprint density at radius 2 is 1.31 bits per heavy atom. The van der Waals surface area contributed by atoms with E-state index in [2.05, 4.69) is 51.1 Å². The molecule has 4 aromatic heterocycles. The highest BCUT2D eigenvalue weighted by Gasteiger charge is 2.24. The Morgan fingerprint density at radius 1 is 0.738 bits per heavy atom. The second-order valence-corrected chi connectivity index (χ2v) is 13.4. The van der Waals surface area contributed by atoms with Gasteiger partial charge in [-0.25, -0.2) is 28.7 Å². The highest BCUT2D eigenvalue weighted by molar-refractivity contribution is 6.06. The van der Waals surface area contributed by atoms with Gasteiger partial charge >= 0.3 is 0 Å². The number of carbonyl (C=O) groups is 3. The Hall–Kier alpha value is -7.82. The average molecular weight is 827 g/mol. The number of aromatic nitrogens is 6. The molecule has 0 saturated heterocycles. The van der Waals surface area contributed by atoms with Gasteiger partial charge in [-0.1, -0.05) is 24.3 Å². The lowest BCUT2D eigenvalue weighted by atomic mass is 10.0. The number of rotatable bonds is 13. The number of allylic oxidation sites excluding steroid dienone is 1. The second kappa shape index (κ2) is 20.2. The number of halogens is 2. The molecule has 1 unspecified atom stereocenters. The fraction of sp³-hybridized carbons (Fsp3) is 0.182. The van der Waals surface area contributed by atoms with Crippen LogP contribution < -0.4 is 25.5 Å². The van der Waals surface area contributed by atoms with E-state index in [0.29, 0.717) is 34.9 Å². The lowest BCUT2D eigenvalue weighted by molar-refractivity contribution is 0.0937. The van der Waals surface area contributed by atoms with Crippen molar-refractivity contribution in [3.8, 4) is 11.5 Å². The highest BCUT2D eigenvalue weighted by Crippen LogP contribution is 2.24. The fourth-order valence-electron chi connectivity index (χ4n) is 5.92. The first kappa shape index (κ1) is 42.8. The summed E-state index contributed by atoms with van der Waals surface area (Å²) in [5, 5.41) is 9.88. The molecule has 0 fully saturated rings. The Labute approximate surface area is 349 Å². The van der Waals surface area contributed by atoms with Crippen LogP contribution >= 0.6 is 0 Å². The van der Waals surface area contributed by atoms with Crippen LogP contribution in [0.4, 0.5) is 8.78 Å². The summed E-state index contributed by atoms with van der Waals surface area (Å²) in [5.74, 6) is -1.15. The topological polar surface area (TPSA) is 195 Å². The Bertz CT molecular complexity index is 2590. The van der Waals surface area contributed by atoms with E-state index in [1.54, 1.807) is 75.0 Å². The summed E-state index contributed by atoms with van der Waals surface area (Å²) in [6.07, 6.45) is 10.4. The van der Waals surface area contributed by atoms with Gasteiger partial charge in [0.15, 0.2) is 23.1 Å². The standard InChI is InChI=1S/C22H21FN6O2.C22H19FN4O3/c1-13-26-18(19-9-17(28-29-19)15-4-3-7-24-12-15)10-20(27-13)22(30)25-11-14-5-6-16(23)21(8-14)31-2;1-14-26-18(20(28)8-6-15-4-3-9-24-12-15)11-19(27-14)22(29)25-13-16-5-7-17(23)21(10-16)30-2/h3-8,10,12,17,28H,9,11H2,1-2H3,(H,25,30);3-12H,13H2,1-2H3,(H,25,29)/b;8-6+. The predicted molar refractivity (Wildman–Crippen MR) is 221 cm³/mol. The maximum Gasteiger partial charge on any atom is 0.270 e. The van der Waals surface area contributed by atoms with Crippen molar-refractivity contribution < 1.29 is 32.6 Å². The average Bonchev–Trinajstić information content (AvgIpc) is 3.79. The van der Waals surface area contributed by atoms with Gasteiger partial charge in [-0.3, -0.25) is 24.4 Å². The van der Waals surface area contributed by atoms with Crippen LogP contribution in [-0.4, -0.2) is 67.4 Å². The molecular formula is C44H40F2N10O5. The zero-order valence-electron chi connectivity index (χ0n) is 33.5. The van der Waals surface area contributed by atoms with Crippen LogP contribution in [-0.2, 0) is 13.1 Å². The number of carbonyl (C=O) groups excluding carboxylic acids is 3. The SMILES string of the molecule is COc1cc(CNC(=O)c2cc(C(=O)/C=C/c3cccnc3)nc(C)n2)ccc1F.COc1cc(CNC(=O)c2cc(C3=NNC(c4cccnc4)C3)nc(C)n2)ccc1F. The number of hydrazone groups is 1. The largest absolute Gasteiger partial charge is 0.494 e. The molecule has 5 heterocycles. The quantitative estimate of drug-likeness (QED) is 0.0930. The van der Waals surface area contributed by atoms with Crippen LogP contribution in [0.15, 0.2) is 109 Å². The number of nitrogens with one attached hydrogen (secondary N) is 3. The van der Waals surface area contributed by atoms with E-state index in [1.165, 1.54) is 44.6 Å². The van der Waals surface area contributed by atoms with E-state index < -0.39 is 17.5 Å². The number of benzene rings is 2. The van der Waals surface area contributed by atoms with Gasteiger partial charge in [0.1, 0.15) is 28.7 Å². The third kappa shape index (κ3) is 11.7. The molecule has 61 heavy (non-hydrogen) atoms. The third-order valence-electron chi connectivity index (χ3n) is 8.98. The predicted octanol–water partition coefficient (Wildman–Crippen LogP) is 5.85. The van der Waals surface area contributed by atoms with E-state index in [1.807, 2.05) is 18.2 Å². The fourth-order valence-corrected chi connectivity index (χ4v) is 5.92. The number of pyridine rings is 2. The monoisotopic (exact) mass is 826 g/mol. The molecule has 2 aromatic carbocycles. The number of nitrogens with zero attached hydrogens (tertiary/aromatic N) is 7. The zero-order chi connectivity index (χ0) is 43.3. The van der Waals surface area contributed by atoms with Gasteiger partial charge in [0.2, 0.25) is 5.78 Å². The Kier molecular flexibility index (Phi) is 14.2. The van der Waals surface area contributed by atoms with E-state index in [4.69, 9.17) is 9.47 Å². The lowest BCUT2D eigenvalue weighted by Gasteiger charge is -2.10. The van der Waals surface area contributed by atoms with E-state index in [-0.39, 0.29) is 59.4 Å². The van der Waals surface area contributed by atoms with Crippen LogP contribution in [0.3, 0.4) is 0 Å². The first-order valence-electron chi connectivity index (χ1n) is 18.8. The first-order valence-corrected chi connectivity index (χ1v) is 18.8. The van der Waals surface area contributed by atoms with Gasteiger partial charge in [0.05, 0.1) is 31.7 Å². The number of ether oxygens (including phenoxy) is 2. The summed E-state index contributed by atoms with van der Waals surface area (Å²) in [6, 6.07) is 19.1. The molecule has 15 nitrogen and oxygen atoms in total. The van der Waals surface area contributed by atoms with E-state index in [0.717, 1.165) is 16.8 Å². The van der Waals surface area contributed by atoms with Crippen LogP contribution in [0.5, 0.6) is 11.5 Å². The highest BCUT2D eigenvalue weighted by atomic mass is 19.1. The van der Waals surface area contributed by atoms with Gasteiger partial charge in [0.25, 0.3) is 11.8 Å². The molecule has 0 radical (unpaired) electrons. The molecule has 1 aliphatic heterocycles. The molecule has 6 aromatic rings.